The normalized spacial score (nSPS) is 15.1. The molecular weight excluding hydrogens is 670 g/mol. The van der Waals surface area contributed by atoms with E-state index >= 15 is 0 Å². The van der Waals surface area contributed by atoms with E-state index in [4.69, 9.17) is 9.47 Å². The Balaban J connectivity index is 2.05. The maximum atomic E-state index is 13.3. The van der Waals surface area contributed by atoms with E-state index in [2.05, 4.69) is 26.6 Å². The lowest BCUT2D eigenvalue weighted by Crippen LogP contribution is -2.56. The molecule has 286 valence electrons. The van der Waals surface area contributed by atoms with Crippen molar-refractivity contribution in [1.82, 2.24) is 26.6 Å². The quantitative estimate of drug-likeness (QED) is 0.118. The number of benzene rings is 2. The summed E-state index contributed by atoms with van der Waals surface area (Å²) >= 11 is 0. The van der Waals surface area contributed by atoms with Crippen LogP contribution in [0.3, 0.4) is 0 Å². The smallest absolute Gasteiger partial charge is 0.408 e. The molecule has 2 rings (SSSR count). The SMILES string of the molecule is COC(=O)[C@@H](NC(=O)C(NC(=O)C(C)CC(O)C(Cc1ccccc1)NC(=O)[C@H](C)NC(=O)[C@H](C)NC(=O)OCc1ccccc1)C(C)C)C(C)C. The number of ether oxygens (including phenoxy) is 2. The van der Waals surface area contributed by atoms with Crippen molar-refractivity contribution >= 4 is 35.7 Å². The molecule has 2 aromatic carbocycles. The molecule has 0 spiro atoms. The van der Waals surface area contributed by atoms with Crippen molar-refractivity contribution in [3.05, 3.63) is 71.8 Å². The Morgan fingerprint density at radius 1 is 0.615 bits per heavy atom. The first-order chi connectivity index (χ1) is 24.5. The molecule has 2 aromatic rings. The standard InChI is InChI=1S/C38H55N5O9/c1-22(2)31(36(48)43-32(23(3)4)37(49)51-8)42-33(45)24(5)19-30(44)29(20-27-15-11-9-12-16-27)41-35(47)25(6)39-34(46)26(7)40-38(50)52-21-28-17-13-10-14-18-28/h9-18,22-26,29-32,44H,19-21H2,1-8H3,(H,39,46)(H,40,50)(H,41,47)(H,42,45)(H,43,48)/t24?,25-,26-,29?,30?,31?,32-/m0/s1. The van der Waals surface area contributed by atoms with E-state index < -0.39 is 77.9 Å². The molecule has 4 unspecified atom stereocenters. The van der Waals surface area contributed by atoms with Crippen LogP contribution in [-0.2, 0) is 46.5 Å². The van der Waals surface area contributed by atoms with Crippen LogP contribution in [0.4, 0.5) is 4.79 Å². The number of carbonyl (C=O) groups is 6. The summed E-state index contributed by atoms with van der Waals surface area (Å²) in [5.41, 5.74) is 1.59. The molecule has 0 aromatic heterocycles. The fourth-order valence-corrected chi connectivity index (χ4v) is 5.20. The number of alkyl carbamates (subject to hydrolysis) is 1. The summed E-state index contributed by atoms with van der Waals surface area (Å²) in [4.78, 5) is 77.0. The van der Waals surface area contributed by atoms with Gasteiger partial charge in [0.15, 0.2) is 0 Å². The molecular formula is C38H55N5O9. The first kappa shape index (κ1) is 43.2. The van der Waals surface area contributed by atoms with Crippen molar-refractivity contribution in [2.75, 3.05) is 7.11 Å². The van der Waals surface area contributed by atoms with E-state index in [9.17, 15) is 33.9 Å². The Kier molecular flexibility index (Phi) is 17.8. The average molecular weight is 726 g/mol. The number of aliphatic hydroxyl groups excluding tert-OH is 1. The summed E-state index contributed by atoms with van der Waals surface area (Å²) in [6, 6.07) is 13.4. The minimum Gasteiger partial charge on any atom is -0.467 e. The molecule has 0 heterocycles. The minimum absolute atomic E-state index is 0.0225. The number of amides is 5. The van der Waals surface area contributed by atoms with Gasteiger partial charge in [-0.05, 0) is 49.7 Å². The second kappa shape index (κ2) is 21.4. The Labute approximate surface area is 306 Å². The number of hydrogen-bond acceptors (Lipinski definition) is 9. The summed E-state index contributed by atoms with van der Waals surface area (Å²) < 4.78 is 9.97. The second-order valence-electron chi connectivity index (χ2n) is 13.7. The van der Waals surface area contributed by atoms with Crippen LogP contribution >= 0.6 is 0 Å². The monoisotopic (exact) mass is 725 g/mol. The Morgan fingerprint density at radius 3 is 1.65 bits per heavy atom. The molecule has 7 atom stereocenters. The van der Waals surface area contributed by atoms with Crippen LogP contribution in [0, 0.1) is 17.8 Å². The zero-order valence-corrected chi connectivity index (χ0v) is 31.3. The van der Waals surface area contributed by atoms with Gasteiger partial charge in [-0.1, -0.05) is 95.3 Å². The topological polar surface area (TPSA) is 201 Å². The van der Waals surface area contributed by atoms with Gasteiger partial charge in [0.25, 0.3) is 0 Å². The predicted octanol–water partition coefficient (Wildman–Crippen LogP) is 2.38. The summed E-state index contributed by atoms with van der Waals surface area (Å²) in [6.07, 6.45) is -1.85. The van der Waals surface area contributed by atoms with Crippen molar-refractivity contribution in [2.24, 2.45) is 17.8 Å². The number of rotatable bonds is 19. The highest BCUT2D eigenvalue weighted by molar-refractivity contribution is 5.92. The number of hydrogen-bond donors (Lipinski definition) is 6. The van der Waals surface area contributed by atoms with E-state index in [0.717, 1.165) is 11.1 Å². The van der Waals surface area contributed by atoms with Gasteiger partial charge in [0.1, 0.15) is 30.8 Å². The molecule has 14 nitrogen and oxygen atoms in total. The molecule has 0 radical (unpaired) electrons. The van der Waals surface area contributed by atoms with Gasteiger partial charge in [0.2, 0.25) is 23.6 Å². The van der Waals surface area contributed by atoms with Crippen molar-refractivity contribution in [1.29, 1.82) is 0 Å². The van der Waals surface area contributed by atoms with Gasteiger partial charge < -0.3 is 41.2 Å². The van der Waals surface area contributed by atoms with E-state index in [-0.39, 0.29) is 31.3 Å². The van der Waals surface area contributed by atoms with Crippen LogP contribution in [0.1, 0.15) is 66.0 Å². The molecule has 0 saturated heterocycles. The van der Waals surface area contributed by atoms with Gasteiger partial charge in [0, 0.05) is 5.92 Å². The van der Waals surface area contributed by atoms with Crippen LogP contribution in [0.25, 0.3) is 0 Å². The lowest BCUT2D eigenvalue weighted by atomic mass is 9.92. The Morgan fingerprint density at radius 2 is 1.12 bits per heavy atom. The molecule has 6 N–H and O–H groups in total. The van der Waals surface area contributed by atoms with Crippen molar-refractivity contribution in [3.8, 4) is 0 Å². The van der Waals surface area contributed by atoms with E-state index in [0.29, 0.717) is 0 Å². The highest BCUT2D eigenvalue weighted by Gasteiger charge is 2.33. The lowest BCUT2D eigenvalue weighted by molar-refractivity contribution is -0.147. The van der Waals surface area contributed by atoms with Gasteiger partial charge in [0.05, 0.1) is 19.3 Å². The molecule has 14 heteroatoms. The first-order valence-corrected chi connectivity index (χ1v) is 17.5. The number of aliphatic hydroxyl groups is 1. The van der Waals surface area contributed by atoms with Gasteiger partial charge in [-0.3, -0.25) is 19.2 Å². The van der Waals surface area contributed by atoms with Crippen LogP contribution in [0.2, 0.25) is 0 Å². The van der Waals surface area contributed by atoms with Crippen LogP contribution in [0.15, 0.2) is 60.7 Å². The van der Waals surface area contributed by atoms with Crippen LogP contribution < -0.4 is 26.6 Å². The third-order valence-electron chi connectivity index (χ3n) is 8.49. The van der Waals surface area contributed by atoms with Crippen molar-refractivity contribution in [3.63, 3.8) is 0 Å². The second-order valence-corrected chi connectivity index (χ2v) is 13.7. The fourth-order valence-electron chi connectivity index (χ4n) is 5.20. The maximum Gasteiger partial charge on any atom is 0.408 e. The van der Waals surface area contributed by atoms with Gasteiger partial charge in [-0.15, -0.1) is 0 Å². The minimum atomic E-state index is -1.20. The van der Waals surface area contributed by atoms with Crippen molar-refractivity contribution in [2.45, 2.75) is 104 Å². The van der Waals surface area contributed by atoms with E-state index in [1.807, 2.05) is 48.5 Å². The van der Waals surface area contributed by atoms with Gasteiger partial charge >= 0.3 is 12.1 Å². The van der Waals surface area contributed by atoms with E-state index in [1.165, 1.54) is 21.0 Å². The number of carbonyl (C=O) groups excluding carboxylic acids is 6. The predicted molar refractivity (Wildman–Crippen MR) is 194 cm³/mol. The van der Waals surface area contributed by atoms with Gasteiger partial charge in [-0.25, -0.2) is 9.59 Å². The Bertz CT molecular complexity index is 1470. The zero-order valence-electron chi connectivity index (χ0n) is 31.3. The highest BCUT2D eigenvalue weighted by atomic mass is 16.5. The summed E-state index contributed by atoms with van der Waals surface area (Å²) in [5.74, 6) is -4.22. The summed E-state index contributed by atoms with van der Waals surface area (Å²) in [7, 11) is 1.23. The van der Waals surface area contributed by atoms with Crippen molar-refractivity contribution < 1.29 is 43.3 Å². The summed E-state index contributed by atoms with van der Waals surface area (Å²) in [5, 5.41) is 24.6. The number of esters is 1. The van der Waals surface area contributed by atoms with Gasteiger partial charge in [-0.2, -0.15) is 0 Å². The largest absolute Gasteiger partial charge is 0.467 e. The molecule has 0 aliphatic carbocycles. The summed E-state index contributed by atoms with van der Waals surface area (Å²) in [6.45, 7) is 11.6. The van der Waals surface area contributed by atoms with E-state index in [1.54, 1.807) is 46.8 Å². The number of methoxy groups -OCH3 is 1. The molecule has 0 bridgehead atoms. The average Bonchev–Trinajstić information content (AvgIpc) is 3.11. The first-order valence-electron chi connectivity index (χ1n) is 17.5. The highest BCUT2D eigenvalue weighted by Crippen LogP contribution is 2.16. The third-order valence-corrected chi connectivity index (χ3v) is 8.49. The van der Waals surface area contributed by atoms with Crippen LogP contribution in [-0.4, -0.2) is 84.2 Å². The molecule has 52 heavy (non-hydrogen) atoms. The molecule has 0 aliphatic heterocycles. The number of nitrogens with one attached hydrogen (secondary N) is 5. The molecule has 0 aliphatic rings. The zero-order chi connectivity index (χ0) is 39.0. The molecule has 0 saturated carbocycles. The molecule has 5 amide bonds. The van der Waals surface area contributed by atoms with Crippen LogP contribution in [0.5, 0.6) is 0 Å². The molecule has 0 fully saturated rings. The fraction of sp³-hybridized carbons (Fsp3) is 0.526. The maximum absolute atomic E-state index is 13.3. The lowest BCUT2D eigenvalue weighted by Gasteiger charge is -2.29. The third kappa shape index (κ3) is 14.3. The Hall–Kier alpha value is -4.98.